The fraction of sp³-hybridized carbons (Fsp3) is 0.400. The first-order valence-electron chi connectivity index (χ1n) is 9.40. The number of benzene rings is 1. The van der Waals surface area contributed by atoms with E-state index < -0.39 is 0 Å². The molecule has 0 amide bonds. The van der Waals surface area contributed by atoms with Crippen molar-refractivity contribution in [3.8, 4) is 17.1 Å². The summed E-state index contributed by atoms with van der Waals surface area (Å²) in [5.41, 5.74) is 9.04. The molecule has 0 unspecified atom stereocenters. The molecule has 1 spiro atoms. The van der Waals surface area contributed by atoms with Crippen LogP contribution < -0.4 is 5.73 Å². The van der Waals surface area contributed by atoms with Crippen LogP contribution in [0.25, 0.3) is 17.1 Å². The predicted molar refractivity (Wildman–Crippen MR) is 99.3 cm³/mol. The maximum Gasteiger partial charge on any atom is 0.230 e. The summed E-state index contributed by atoms with van der Waals surface area (Å²) < 4.78 is 7.19. The number of para-hydroxylation sites is 1. The number of ketones is 1. The second-order valence-corrected chi connectivity index (χ2v) is 7.60. The Morgan fingerprint density at radius 1 is 1.33 bits per heavy atom. The topological polar surface area (TPSA) is 99.8 Å². The molecule has 0 radical (unpaired) electrons. The van der Waals surface area contributed by atoms with Crippen molar-refractivity contribution in [2.45, 2.75) is 44.9 Å². The Morgan fingerprint density at radius 2 is 2.15 bits per heavy atom. The van der Waals surface area contributed by atoms with Crippen molar-refractivity contribution in [1.29, 1.82) is 0 Å². The highest BCUT2D eigenvalue weighted by Crippen LogP contribution is 2.59. The molecule has 2 N–H and O–H groups in total. The lowest BCUT2D eigenvalue weighted by molar-refractivity contribution is -0.147. The standard InChI is InChI=1S/C20H21N5O2/c1-2-12-5-3-4-6-15(12)25-17(21)14(11-22-25)18-23-19(27-24-18)13-9-20(10-13)8-7-16(20)26/h3-6,11,13H,2,7-10,21H2,1H3. The van der Waals surface area contributed by atoms with Gasteiger partial charge in [-0.3, -0.25) is 4.79 Å². The van der Waals surface area contributed by atoms with Gasteiger partial charge in [0.2, 0.25) is 11.7 Å². The fourth-order valence-electron chi connectivity index (χ4n) is 4.32. The zero-order valence-electron chi connectivity index (χ0n) is 15.2. The molecule has 2 fully saturated rings. The Labute approximate surface area is 156 Å². The van der Waals surface area contributed by atoms with Gasteiger partial charge in [-0.25, -0.2) is 4.68 Å². The second-order valence-electron chi connectivity index (χ2n) is 7.60. The fourth-order valence-corrected chi connectivity index (χ4v) is 4.32. The van der Waals surface area contributed by atoms with Crippen LogP contribution in [0.2, 0.25) is 0 Å². The molecule has 2 aromatic heterocycles. The molecule has 7 nitrogen and oxygen atoms in total. The molecule has 2 aliphatic carbocycles. The molecule has 0 bridgehead atoms. The molecule has 138 valence electrons. The van der Waals surface area contributed by atoms with Crippen molar-refractivity contribution in [2.24, 2.45) is 5.41 Å². The minimum atomic E-state index is -0.0902. The zero-order chi connectivity index (χ0) is 18.6. The number of hydrogen-bond donors (Lipinski definition) is 1. The molecule has 27 heavy (non-hydrogen) atoms. The van der Waals surface area contributed by atoms with E-state index in [9.17, 15) is 4.79 Å². The highest BCUT2D eigenvalue weighted by molar-refractivity contribution is 5.91. The van der Waals surface area contributed by atoms with Gasteiger partial charge >= 0.3 is 0 Å². The Bertz CT molecular complexity index is 1030. The first kappa shape index (κ1) is 16.2. The molecule has 2 heterocycles. The lowest BCUT2D eigenvalue weighted by Crippen LogP contribution is -2.49. The van der Waals surface area contributed by atoms with E-state index >= 15 is 0 Å². The first-order chi connectivity index (χ1) is 13.1. The average Bonchev–Trinajstić information content (AvgIpc) is 3.26. The van der Waals surface area contributed by atoms with Crippen molar-refractivity contribution in [1.82, 2.24) is 19.9 Å². The monoisotopic (exact) mass is 363 g/mol. The van der Waals surface area contributed by atoms with Crippen LogP contribution in [0.1, 0.15) is 50.0 Å². The number of rotatable bonds is 4. The van der Waals surface area contributed by atoms with Gasteiger partial charge in [-0.1, -0.05) is 30.3 Å². The van der Waals surface area contributed by atoms with Crippen molar-refractivity contribution >= 4 is 11.6 Å². The van der Waals surface area contributed by atoms with Crippen LogP contribution in [0, 0.1) is 5.41 Å². The maximum atomic E-state index is 11.8. The summed E-state index contributed by atoms with van der Waals surface area (Å²) in [6.45, 7) is 2.10. The van der Waals surface area contributed by atoms with Gasteiger partial charge in [0, 0.05) is 17.8 Å². The molecule has 2 saturated carbocycles. The van der Waals surface area contributed by atoms with Gasteiger partial charge in [0.25, 0.3) is 0 Å². The Morgan fingerprint density at radius 3 is 2.85 bits per heavy atom. The van der Waals surface area contributed by atoms with Crippen LogP contribution in [0.4, 0.5) is 5.82 Å². The van der Waals surface area contributed by atoms with Crippen molar-refractivity contribution in [3.63, 3.8) is 0 Å². The smallest absolute Gasteiger partial charge is 0.230 e. The van der Waals surface area contributed by atoms with Gasteiger partial charge < -0.3 is 10.3 Å². The van der Waals surface area contributed by atoms with Crippen molar-refractivity contribution in [2.75, 3.05) is 5.73 Å². The number of nitrogen functional groups attached to an aromatic ring is 1. The SMILES string of the molecule is CCc1ccccc1-n1ncc(-c2noc(C3CC4(CCC4=O)C3)n2)c1N. The van der Waals surface area contributed by atoms with Gasteiger partial charge in [0.1, 0.15) is 11.6 Å². The summed E-state index contributed by atoms with van der Waals surface area (Å²) in [7, 11) is 0. The Kier molecular flexibility index (Phi) is 3.47. The molecule has 0 aliphatic heterocycles. The number of hydrogen-bond acceptors (Lipinski definition) is 6. The van der Waals surface area contributed by atoms with Crippen LogP contribution in [0.15, 0.2) is 35.0 Å². The summed E-state index contributed by atoms with van der Waals surface area (Å²) in [6, 6.07) is 8.04. The highest BCUT2D eigenvalue weighted by Gasteiger charge is 2.56. The number of Topliss-reactive ketones (excluding diaryl/α,β-unsaturated/α-hetero) is 1. The van der Waals surface area contributed by atoms with Crippen LogP contribution in [-0.2, 0) is 11.2 Å². The summed E-state index contributed by atoms with van der Waals surface area (Å²) >= 11 is 0. The summed E-state index contributed by atoms with van der Waals surface area (Å²) in [5, 5.41) is 8.55. The van der Waals surface area contributed by atoms with E-state index in [0.717, 1.165) is 43.4 Å². The molecule has 5 rings (SSSR count). The van der Waals surface area contributed by atoms with Crippen molar-refractivity contribution < 1.29 is 9.32 Å². The number of nitrogens with zero attached hydrogens (tertiary/aromatic N) is 4. The first-order valence-corrected chi connectivity index (χ1v) is 9.40. The van der Waals surface area contributed by atoms with Gasteiger partial charge in [-0.15, -0.1) is 0 Å². The summed E-state index contributed by atoms with van der Waals surface area (Å²) in [6.07, 6.45) is 5.93. The molecule has 2 aliphatic rings. The van der Waals surface area contributed by atoms with E-state index in [1.54, 1.807) is 10.9 Å². The van der Waals surface area contributed by atoms with E-state index in [-0.39, 0.29) is 11.3 Å². The van der Waals surface area contributed by atoms with Gasteiger partial charge in [-0.2, -0.15) is 10.1 Å². The number of carbonyl (C=O) groups excluding carboxylic acids is 1. The minimum Gasteiger partial charge on any atom is -0.383 e. The molecule has 0 atom stereocenters. The van der Waals surface area contributed by atoms with Crippen LogP contribution in [0.3, 0.4) is 0 Å². The molecule has 7 heteroatoms. The molecule has 3 aromatic rings. The zero-order valence-corrected chi connectivity index (χ0v) is 15.2. The lowest BCUT2D eigenvalue weighted by atomic mass is 9.51. The van der Waals surface area contributed by atoms with Crippen LogP contribution in [-0.4, -0.2) is 25.7 Å². The minimum absolute atomic E-state index is 0.0902. The van der Waals surface area contributed by atoms with Gasteiger partial charge in [-0.05, 0) is 37.3 Å². The second kappa shape index (κ2) is 5.77. The van der Waals surface area contributed by atoms with E-state index in [1.807, 2.05) is 18.2 Å². The lowest BCUT2D eigenvalue weighted by Gasteiger charge is -2.50. The maximum absolute atomic E-state index is 11.8. The largest absolute Gasteiger partial charge is 0.383 e. The normalized spacial score (nSPS) is 24.0. The van der Waals surface area contributed by atoms with E-state index in [0.29, 0.717) is 28.9 Å². The number of anilines is 1. The Balaban J connectivity index is 1.41. The van der Waals surface area contributed by atoms with Gasteiger partial charge in [0.15, 0.2) is 0 Å². The molecule has 1 aromatic carbocycles. The van der Waals surface area contributed by atoms with E-state index in [1.165, 1.54) is 0 Å². The number of aryl methyl sites for hydroxylation is 1. The van der Waals surface area contributed by atoms with Crippen LogP contribution in [0.5, 0.6) is 0 Å². The number of carbonyl (C=O) groups is 1. The third-order valence-corrected chi connectivity index (χ3v) is 6.14. The van der Waals surface area contributed by atoms with Crippen LogP contribution >= 0.6 is 0 Å². The third-order valence-electron chi connectivity index (χ3n) is 6.14. The van der Waals surface area contributed by atoms with E-state index in [4.69, 9.17) is 10.3 Å². The molecular weight excluding hydrogens is 342 g/mol. The average molecular weight is 363 g/mol. The van der Waals surface area contributed by atoms with Crippen molar-refractivity contribution in [3.05, 3.63) is 41.9 Å². The quantitative estimate of drug-likeness (QED) is 0.763. The molecular formula is C20H21N5O2. The highest BCUT2D eigenvalue weighted by atomic mass is 16.5. The number of nitrogens with two attached hydrogens (primary N) is 1. The summed E-state index contributed by atoms with van der Waals surface area (Å²) in [4.78, 5) is 16.3. The summed E-state index contributed by atoms with van der Waals surface area (Å²) in [5.74, 6) is 2.09. The number of aromatic nitrogens is 4. The third kappa shape index (κ3) is 2.34. The van der Waals surface area contributed by atoms with E-state index in [2.05, 4.69) is 28.2 Å². The van der Waals surface area contributed by atoms with Gasteiger partial charge in [0.05, 0.1) is 17.4 Å². The Hall–Kier alpha value is -2.96. The predicted octanol–water partition coefficient (Wildman–Crippen LogP) is 3.29. The molecule has 0 saturated heterocycles.